The van der Waals surface area contributed by atoms with Crippen molar-refractivity contribution < 1.29 is 22.1 Å². The molecular formula is C7H2ClF2N3O4S. The third-order valence-corrected chi connectivity index (χ3v) is 3.12. The molecule has 7 nitrogen and oxygen atoms in total. The van der Waals surface area contributed by atoms with E-state index in [1.807, 2.05) is 0 Å². The Morgan fingerprint density at radius 2 is 2.11 bits per heavy atom. The first-order valence-electron chi connectivity index (χ1n) is 4.00. The third-order valence-electron chi connectivity index (χ3n) is 1.77. The van der Waals surface area contributed by atoms with Crippen LogP contribution in [0.1, 0.15) is 17.8 Å². The second-order valence-electron chi connectivity index (χ2n) is 2.85. The molecule has 1 rings (SSSR count). The lowest BCUT2D eigenvalue weighted by Gasteiger charge is -2.05. The van der Waals surface area contributed by atoms with Crippen LogP contribution in [0.5, 0.6) is 0 Å². The van der Waals surface area contributed by atoms with Crippen molar-refractivity contribution in [3.63, 3.8) is 0 Å². The van der Waals surface area contributed by atoms with E-state index in [2.05, 4.69) is 4.98 Å². The van der Waals surface area contributed by atoms with E-state index < -0.39 is 42.4 Å². The Labute approximate surface area is 103 Å². The highest BCUT2D eigenvalue weighted by Crippen LogP contribution is 2.31. The van der Waals surface area contributed by atoms with Gasteiger partial charge in [-0.2, -0.15) is 5.26 Å². The van der Waals surface area contributed by atoms with Gasteiger partial charge in [-0.3, -0.25) is 10.1 Å². The van der Waals surface area contributed by atoms with Gasteiger partial charge in [-0.05, 0) is 0 Å². The molecule has 0 unspecified atom stereocenters. The molecule has 0 aliphatic carbocycles. The zero-order chi connectivity index (χ0) is 14.1. The van der Waals surface area contributed by atoms with E-state index in [1.54, 1.807) is 0 Å². The van der Waals surface area contributed by atoms with E-state index in [1.165, 1.54) is 6.07 Å². The van der Waals surface area contributed by atoms with Gasteiger partial charge >= 0.3 is 5.69 Å². The first-order chi connectivity index (χ1) is 8.18. The van der Waals surface area contributed by atoms with Crippen LogP contribution in [-0.4, -0.2) is 18.3 Å². The van der Waals surface area contributed by atoms with Crippen molar-refractivity contribution >= 4 is 25.4 Å². The Kier molecular flexibility index (Phi) is 3.78. The Balaban J connectivity index is 3.76. The number of rotatable bonds is 3. The highest BCUT2D eigenvalue weighted by Gasteiger charge is 2.29. The summed E-state index contributed by atoms with van der Waals surface area (Å²) in [4.78, 5) is 11.2. The molecule has 0 aliphatic heterocycles. The summed E-state index contributed by atoms with van der Waals surface area (Å²) in [6.45, 7) is 0. The molecule has 96 valence electrons. The van der Waals surface area contributed by atoms with Crippen molar-refractivity contribution in [3.8, 4) is 6.07 Å². The largest absolute Gasteiger partial charge is 0.307 e. The van der Waals surface area contributed by atoms with Gasteiger partial charge in [-0.15, -0.1) is 0 Å². The number of alkyl halides is 2. The van der Waals surface area contributed by atoms with Gasteiger partial charge in [0.15, 0.2) is 0 Å². The monoisotopic (exact) mass is 297 g/mol. The SMILES string of the molecule is N#Cc1nc(C(F)F)c(S(=O)(=O)Cl)cc1[N+](=O)[O-]. The first kappa shape index (κ1) is 14.2. The smallest absolute Gasteiger partial charge is 0.258 e. The third kappa shape index (κ3) is 2.69. The Hall–Kier alpha value is -1.86. The lowest BCUT2D eigenvalue weighted by Crippen LogP contribution is -2.06. The van der Waals surface area contributed by atoms with Gasteiger partial charge < -0.3 is 0 Å². The topological polar surface area (TPSA) is 114 Å². The fraction of sp³-hybridized carbons (Fsp3) is 0.143. The average Bonchev–Trinajstić information content (AvgIpc) is 2.25. The fourth-order valence-corrected chi connectivity index (χ4v) is 2.08. The second kappa shape index (κ2) is 4.79. The minimum absolute atomic E-state index is 0.287. The molecule has 0 amide bonds. The van der Waals surface area contributed by atoms with Crippen molar-refractivity contribution in [2.24, 2.45) is 0 Å². The molecule has 0 spiro atoms. The maximum absolute atomic E-state index is 12.5. The summed E-state index contributed by atoms with van der Waals surface area (Å²) >= 11 is 0. The van der Waals surface area contributed by atoms with Crippen LogP contribution in [0.4, 0.5) is 14.5 Å². The number of hydrogen-bond donors (Lipinski definition) is 0. The Morgan fingerprint density at radius 3 is 2.44 bits per heavy atom. The van der Waals surface area contributed by atoms with Gasteiger partial charge in [-0.1, -0.05) is 0 Å². The van der Waals surface area contributed by atoms with Crippen molar-refractivity contribution in [2.45, 2.75) is 11.3 Å². The molecule has 18 heavy (non-hydrogen) atoms. The van der Waals surface area contributed by atoms with Crippen molar-refractivity contribution in [1.82, 2.24) is 4.98 Å². The van der Waals surface area contributed by atoms with Crippen LogP contribution < -0.4 is 0 Å². The van der Waals surface area contributed by atoms with Crippen LogP contribution in [0.2, 0.25) is 0 Å². The maximum Gasteiger partial charge on any atom is 0.307 e. The predicted octanol–water partition coefficient (Wildman–Crippen LogP) is 1.73. The number of aromatic nitrogens is 1. The van der Waals surface area contributed by atoms with Crippen LogP contribution in [0.25, 0.3) is 0 Å². The molecule has 0 N–H and O–H groups in total. The van der Waals surface area contributed by atoms with Crippen molar-refractivity contribution in [1.29, 1.82) is 5.26 Å². The molecular weight excluding hydrogens is 296 g/mol. The molecule has 0 fully saturated rings. The van der Waals surface area contributed by atoms with Gasteiger partial charge in [0.05, 0.1) is 4.92 Å². The summed E-state index contributed by atoms with van der Waals surface area (Å²) in [6, 6.07) is 1.51. The molecule has 1 aromatic heterocycles. The predicted molar refractivity (Wildman–Crippen MR) is 53.6 cm³/mol. The van der Waals surface area contributed by atoms with E-state index in [0.717, 1.165) is 0 Å². The standard InChI is InChI=1S/C7H2ClF2N3O4S/c8-18(16,17)5-1-4(13(14)15)3(2-11)12-6(5)7(9)10/h1,7H. The summed E-state index contributed by atoms with van der Waals surface area (Å²) in [5.41, 5.74) is -3.23. The molecule has 0 saturated heterocycles. The van der Waals surface area contributed by atoms with Crippen LogP contribution in [-0.2, 0) is 9.05 Å². The number of nitrogens with zero attached hydrogens (tertiary/aromatic N) is 3. The van der Waals surface area contributed by atoms with Crippen LogP contribution in [0, 0.1) is 21.4 Å². The lowest BCUT2D eigenvalue weighted by atomic mass is 10.2. The first-order valence-corrected chi connectivity index (χ1v) is 6.31. The van der Waals surface area contributed by atoms with E-state index in [0.29, 0.717) is 0 Å². The van der Waals surface area contributed by atoms with E-state index >= 15 is 0 Å². The van der Waals surface area contributed by atoms with E-state index in [-0.39, 0.29) is 6.07 Å². The van der Waals surface area contributed by atoms with Crippen molar-refractivity contribution in [2.75, 3.05) is 0 Å². The summed E-state index contributed by atoms with van der Waals surface area (Å²) in [7, 11) is 0.230. The molecule has 0 atom stereocenters. The van der Waals surface area contributed by atoms with Gasteiger partial charge in [0.1, 0.15) is 16.7 Å². The van der Waals surface area contributed by atoms with Crippen LogP contribution >= 0.6 is 10.7 Å². The highest BCUT2D eigenvalue weighted by molar-refractivity contribution is 8.13. The Bertz CT molecular complexity index is 655. The Morgan fingerprint density at radius 1 is 1.56 bits per heavy atom. The van der Waals surface area contributed by atoms with Crippen molar-refractivity contribution in [3.05, 3.63) is 27.6 Å². The zero-order valence-electron chi connectivity index (χ0n) is 8.17. The molecule has 1 aromatic rings. The summed E-state index contributed by atoms with van der Waals surface area (Å²) in [6.07, 6.45) is -3.35. The normalized spacial score (nSPS) is 11.3. The lowest BCUT2D eigenvalue weighted by molar-refractivity contribution is -0.385. The molecule has 1 heterocycles. The number of nitro groups is 1. The maximum atomic E-state index is 12.5. The fourth-order valence-electron chi connectivity index (χ4n) is 1.07. The van der Waals surface area contributed by atoms with Gasteiger partial charge in [-0.25, -0.2) is 22.2 Å². The van der Waals surface area contributed by atoms with Gasteiger partial charge in [0.25, 0.3) is 15.5 Å². The summed E-state index contributed by atoms with van der Waals surface area (Å²) < 4.78 is 47.1. The highest BCUT2D eigenvalue weighted by atomic mass is 35.7. The summed E-state index contributed by atoms with van der Waals surface area (Å²) in [5, 5.41) is 19.1. The minimum atomic E-state index is -4.64. The molecule has 0 saturated carbocycles. The molecule has 0 aliphatic rings. The number of nitriles is 1. The molecule has 0 aromatic carbocycles. The van der Waals surface area contributed by atoms with E-state index in [9.17, 15) is 27.3 Å². The molecule has 11 heteroatoms. The van der Waals surface area contributed by atoms with Crippen LogP contribution in [0.15, 0.2) is 11.0 Å². The van der Waals surface area contributed by atoms with Crippen LogP contribution in [0.3, 0.4) is 0 Å². The summed E-state index contributed by atoms with van der Waals surface area (Å²) in [5.74, 6) is 0. The van der Waals surface area contributed by atoms with Gasteiger partial charge in [0.2, 0.25) is 5.69 Å². The molecule has 0 radical (unpaired) electrons. The zero-order valence-corrected chi connectivity index (χ0v) is 9.74. The second-order valence-corrected chi connectivity index (χ2v) is 5.38. The minimum Gasteiger partial charge on any atom is -0.258 e. The molecule has 0 bridgehead atoms. The van der Waals surface area contributed by atoms with E-state index in [4.69, 9.17) is 15.9 Å². The number of halogens is 3. The number of pyridine rings is 1. The average molecular weight is 298 g/mol. The number of hydrogen-bond acceptors (Lipinski definition) is 6. The van der Waals surface area contributed by atoms with Gasteiger partial charge in [0, 0.05) is 16.7 Å². The quantitative estimate of drug-likeness (QED) is 0.477.